The number of benzene rings is 1. The van der Waals surface area contributed by atoms with E-state index in [0.717, 1.165) is 0 Å². The molecule has 3 heteroatoms. The average molecular weight is 364 g/mol. The molecular weight excluding hydrogens is 327 g/mol. The van der Waals surface area contributed by atoms with Crippen molar-refractivity contribution in [3.8, 4) is 0 Å². The van der Waals surface area contributed by atoms with Crippen LogP contribution in [0.5, 0.6) is 0 Å². The number of rotatable bonds is 12. The highest BCUT2D eigenvalue weighted by molar-refractivity contribution is 7.85. The van der Waals surface area contributed by atoms with E-state index in [2.05, 4.69) is 45.0 Å². The largest absolute Gasteiger partial charge is 0.466 e. The van der Waals surface area contributed by atoms with Crippen LogP contribution in [0.15, 0.2) is 36.4 Å². The maximum atomic E-state index is 12.2. The first-order valence-corrected chi connectivity index (χ1v) is 12.2. The van der Waals surface area contributed by atoms with E-state index in [4.69, 9.17) is 4.74 Å². The van der Waals surface area contributed by atoms with E-state index >= 15 is 0 Å². The second-order valence-corrected chi connectivity index (χ2v) is 10.9. The third-order valence-corrected chi connectivity index (χ3v) is 9.78. The standard InChI is InChI=1S/C22H36O2P/c1-5-8-16-25(17-9-6-2,18-10-7-3)21(19-22(23)24-4)20-14-12-11-13-15-20/h11-15,19H,5-10,16-18H2,1-4H3/q+1/b21-19+. The molecule has 0 aliphatic heterocycles. The summed E-state index contributed by atoms with van der Waals surface area (Å²) in [6, 6.07) is 10.5. The number of carbonyl (C=O) groups is 1. The molecule has 25 heavy (non-hydrogen) atoms. The number of hydrogen-bond acceptors (Lipinski definition) is 2. The number of ether oxygens (including phenoxy) is 1. The summed E-state index contributed by atoms with van der Waals surface area (Å²) in [7, 11) is 0.0933. The molecular formula is C22H36O2P+. The van der Waals surface area contributed by atoms with Crippen molar-refractivity contribution in [2.24, 2.45) is 0 Å². The number of carbonyl (C=O) groups excluding carboxylic acids is 1. The quantitative estimate of drug-likeness (QED) is 0.237. The highest BCUT2D eigenvalue weighted by Gasteiger charge is 2.41. The minimum atomic E-state index is -1.38. The molecule has 1 aromatic carbocycles. The Morgan fingerprint density at radius 2 is 1.40 bits per heavy atom. The molecule has 0 atom stereocenters. The smallest absolute Gasteiger partial charge is 0.334 e. The Balaban J connectivity index is 3.41. The van der Waals surface area contributed by atoms with Crippen molar-refractivity contribution in [1.82, 2.24) is 0 Å². The number of unbranched alkanes of at least 4 members (excludes halogenated alkanes) is 3. The van der Waals surface area contributed by atoms with Crippen molar-refractivity contribution in [3.63, 3.8) is 0 Å². The van der Waals surface area contributed by atoms with Crippen molar-refractivity contribution >= 4 is 18.5 Å². The monoisotopic (exact) mass is 363 g/mol. The Morgan fingerprint density at radius 1 is 0.920 bits per heavy atom. The molecule has 0 radical (unpaired) electrons. The van der Waals surface area contributed by atoms with Crippen molar-refractivity contribution in [3.05, 3.63) is 42.0 Å². The van der Waals surface area contributed by atoms with Crippen LogP contribution in [0.2, 0.25) is 0 Å². The fraction of sp³-hybridized carbons (Fsp3) is 0.591. The lowest BCUT2D eigenvalue weighted by molar-refractivity contribution is -0.134. The summed E-state index contributed by atoms with van der Waals surface area (Å²) in [5.74, 6) is -0.215. The number of hydrogen-bond donors (Lipinski definition) is 0. The van der Waals surface area contributed by atoms with Crippen LogP contribution < -0.4 is 0 Å². The maximum absolute atomic E-state index is 12.2. The summed E-state index contributed by atoms with van der Waals surface area (Å²) in [6.07, 6.45) is 12.9. The zero-order chi connectivity index (χ0) is 18.5. The Kier molecular flexibility index (Phi) is 10.7. The molecule has 140 valence electrons. The SMILES string of the molecule is CCCC[P+](CCCC)(CCCC)/C(=C/C(=O)OC)c1ccccc1. The van der Waals surface area contributed by atoms with E-state index in [0.29, 0.717) is 0 Å². The van der Waals surface area contributed by atoms with Crippen molar-refractivity contribution in [2.45, 2.75) is 59.3 Å². The number of methoxy groups -OCH3 is 1. The predicted molar refractivity (Wildman–Crippen MR) is 113 cm³/mol. The molecule has 0 bridgehead atoms. The third-order valence-electron chi connectivity index (χ3n) is 4.86. The Labute approximate surface area is 155 Å². The molecule has 1 rings (SSSR count). The van der Waals surface area contributed by atoms with Gasteiger partial charge >= 0.3 is 5.97 Å². The summed E-state index contributed by atoms with van der Waals surface area (Å²) in [4.78, 5) is 12.2. The minimum Gasteiger partial charge on any atom is -0.466 e. The van der Waals surface area contributed by atoms with Gasteiger partial charge in [-0.15, -0.1) is 0 Å². The van der Waals surface area contributed by atoms with Gasteiger partial charge in [0.15, 0.2) is 0 Å². The first-order valence-electron chi connectivity index (χ1n) is 9.85. The summed E-state index contributed by atoms with van der Waals surface area (Å²) >= 11 is 0. The lowest BCUT2D eigenvalue weighted by Crippen LogP contribution is -2.12. The molecule has 0 heterocycles. The van der Waals surface area contributed by atoms with E-state index in [-0.39, 0.29) is 5.97 Å². The van der Waals surface area contributed by atoms with Gasteiger partial charge in [-0.1, -0.05) is 70.4 Å². The van der Waals surface area contributed by atoms with Crippen LogP contribution in [0.25, 0.3) is 5.31 Å². The molecule has 0 aromatic heterocycles. The highest BCUT2D eigenvalue weighted by Crippen LogP contribution is 2.70. The van der Waals surface area contributed by atoms with Gasteiger partial charge < -0.3 is 4.74 Å². The van der Waals surface area contributed by atoms with Gasteiger partial charge in [-0.2, -0.15) is 0 Å². The van der Waals surface area contributed by atoms with Crippen LogP contribution in [0.3, 0.4) is 0 Å². The molecule has 0 spiro atoms. The summed E-state index contributed by atoms with van der Waals surface area (Å²) in [5, 5.41) is 1.29. The van der Waals surface area contributed by atoms with E-state index in [1.54, 1.807) is 0 Å². The minimum absolute atomic E-state index is 0.215. The highest BCUT2D eigenvalue weighted by atomic mass is 31.2. The molecule has 1 aromatic rings. The second kappa shape index (κ2) is 12.3. The van der Waals surface area contributed by atoms with E-state index < -0.39 is 7.26 Å². The predicted octanol–water partition coefficient (Wildman–Crippen LogP) is 6.62. The lowest BCUT2D eigenvalue weighted by atomic mass is 10.2. The summed E-state index contributed by atoms with van der Waals surface area (Å²) in [5.41, 5.74) is 1.21. The Bertz CT molecular complexity index is 500. The van der Waals surface area contributed by atoms with Crippen LogP contribution >= 0.6 is 7.26 Å². The van der Waals surface area contributed by atoms with Crippen LogP contribution in [0, 0.1) is 0 Å². The topological polar surface area (TPSA) is 26.3 Å². The molecule has 0 saturated carbocycles. The molecule has 0 aliphatic carbocycles. The first kappa shape index (κ1) is 21.9. The molecule has 0 unspecified atom stereocenters. The fourth-order valence-corrected chi connectivity index (χ4v) is 8.59. The fourth-order valence-electron chi connectivity index (χ4n) is 3.35. The zero-order valence-corrected chi connectivity index (χ0v) is 17.5. The van der Waals surface area contributed by atoms with Crippen molar-refractivity contribution in [2.75, 3.05) is 25.6 Å². The molecule has 0 aliphatic rings. The molecule has 0 saturated heterocycles. The third kappa shape index (κ3) is 6.94. The molecule has 2 nitrogen and oxygen atoms in total. The van der Waals surface area contributed by atoms with Gasteiger partial charge in [0.25, 0.3) is 0 Å². The van der Waals surface area contributed by atoms with Crippen LogP contribution in [-0.4, -0.2) is 31.6 Å². The average Bonchev–Trinajstić information content (AvgIpc) is 2.66. The Hall–Kier alpha value is -1.14. The molecule has 0 N–H and O–H groups in total. The van der Waals surface area contributed by atoms with Crippen molar-refractivity contribution in [1.29, 1.82) is 0 Å². The van der Waals surface area contributed by atoms with E-state index in [1.807, 2.05) is 12.1 Å². The van der Waals surface area contributed by atoms with Gasteiger partial charge in [0.05, 0.1) is 31.7 Å². The summed E-state index contributed by atoms with van der Waals surface area (Å²) in [6.45, 7) is 6.79. The summed E-state index contributed by atoms with van der Waals surface area (Å²) < 4.78 is 5.01. The van der Waals surface area contributed by atoms with Gasteiger partial charge in [-0.25, -0.2) is 4.79 Å². The molecule has 0 amide bonds. The normalized spacial score (nSPS) is 12.2. The van der Waals surface area contributed by atoms with Crippen LogP contribution in [0.4, 0.5) is 0 Å². The zero-order valence-electron chi connectivity index (χ0n) is 16.6. The Morgan fingerprint density at radius 3 is 1.80 bits per heavy atom. The van der Waals surface area contributed by atoms with Gasteiger partial charge in [-0.3, -0.25) is 0 Å². The van der Waals surface area contributed by atoms with Crippen LogP contribution in [-0.2, 0) is 9.53 Å². The molecule has 0 fully saturated rings. The first-order chi connectivity index (χ1) is 12.1. The maximum Gasteiger partial charge on any atom is 0.334 e. The van der Waals surface area contributed by atoms with Gasteiger partial charge in [-0.05, 0) is 19.3 Å². The van der Waals surface area contributed by atoms with Gasteiger partial charge in [0.1, 0.15) is 5.31 Å². The van der Waals surface area contributed by atoms with Gasteiger partial charge in [0.2, 0.25) is 0 Å². The van der Waals surface area contributed by atoms with E-state index in [1.165, 1.54) is 75.0 Å². The van der Waals surface area contributed by atoms with Crippen LogP contribution in [0.1, 0.15) is 64.9 Å². The van der Waals surface area contributed by atoms with Gasteiger partial charge in [0, 0.05) is 12.8 Å². The number of esters is 1. The lowest BCUT2D eigenvalue weighted by Gasteiger charge is -2.30. The second-order valence-electron chi connectivity index (χ2n) is 6.80. The van der Waals surface area contributed by atoms with Crippen molar-refractivity contribution < 1.29 is 9.53 Å². The van der Waals surface area contributed by atoms with E-state index in [9.17, 15) is 4.79 Å².